The maximum Gasteiger partial charge on any atom is 0.133 e. The van der Waals surface area contributed by atoms with Crippen LogP contribution < -0.4 is 5.73 Å². The molecule has 0 unspecified atom stereocenters. The lowest BCUT2D eigenvalue weighted by Gasteiger charge is -2.27. The number of thiophene rings is 1. The van der Waals surface area contributed by atoms with Gasteiger partial charge in [0.05, 0.1) is 16.4 Å². The molecule has 6 heteroatoms. The SMILES string of the molecule is Cc1[nH]ncc1-c1cc2nc([C@@H]3CCCC[C@H]3N)ncc2s1. The van der Waals surface area contributed by atoms with E-state index in [-0.39, 0.29) is 6.04 Å². The van der Waals surface area contributed by atoms with Crippen LogP contribution in [0.5, 0.6) is 0 Å². The predicted molar refractivity (Wildman–Crippen MR) is 88.9 cm³/mol. The highest BCUT2D eigenvalue weighted by Crippen LogP contribution is 2.35. The van der Waals surface area contributed by atoms with Crippen molar-refractivity contribution >= 4 is 21.6 Å². The van der Waals surface area contributed by atoms with E-state index in [2.05, 4.69) is 21.2 Å². The van der Waals surface area contributed by atoms with Crippen LogP contribution >= 0.6 is 11.3 Å². The Bertz CT molecular complexity index is 806. The second kappa shape index (κ2) is 5.44. The third-order valence-electron chi connectivity index (χ3n) is 4.54. The van der Waals surface area contributed by atoms with Crippen LogP contribution in [0.3, 0.4) is 0 Å². The summed E-state index contributed by atoms with van der Waals surface area (Å²) in [7, 11) is 0. The Labute approximate surface area is 133 Å². The molecule has 1 aliphatic rings. The van der Waals surface area contributed by atoms with Crippen molar-refractivity contribution in [3.8, 4) is 10.4 Å². The first kappa shape index (κ1) is 13.8. The Morgan fingerprint density at radius 2 is 2.14 bits per heavy atom. The highest BCUT2D eigenvalue weighted by atomic mass is 32.1. The number of H-pyrrole nitrogens is 1. The van der Waals surface area contributed by atoms with Crippen molar-refractivity contribution < 1.29 is 0 Å². The van der Waals surface area contributed by atoms with Crippen LogP contribution in [0.1, 0.15) is 43.1 Å². The number of hydrogen-bond acceptors (Lipinski definition) is 5. The van der Waals surface area contributed by atoms with Crippen LogP contribution in [0.15, 0.2) is 18.5 Å². The van der Waals surface area contributed by atoms with Gasteiger partial charge in [-0.25, -0.2) is 9.97 Å². The molecule has 4 rings (SSSR count). The van der Waals surface area contributed by atoms with Crippen LogP contribution in [0, 0.1) is 6.92 Å². The minimum atomic E-state index is 0.195. The number of nitrogens with two attached hydrogens (primary N) is 1. The lowest BCUT2D eigenvalue weighted by molar-refractivity contribution is 0.374. The summed E-state index contributed by atoms with van der Waals surface area (Å²) in [6.45, 7) is 2.03. The minimum absolute atomic E-state index is 0.195. The zero-order chi connectivity index (χ0) is 15.1. The lowest BCUT2D eigenvalue weighted by atomic mass is 9.84. The number of aromatic amines is 1. The first-order valence-corrected chi connectivity index (χ1v) is 8.56. The molecular formula is C16H19N5S. The Kier molecular flexibility index (Phi) is 3.43. The van der Waals surface area contributed by atoms with Gasteiger partial charge < -0.3 is 5.73 Å². The fourth-order valence-corrected chi connectivity index (χ4v) is 4.28. The normalized spacial score (nSPS) is 22.3. The molecule has 2 atom stereocenters. The Balaban J connectivity index is 1.73. The van der Waals surface area contributed by atoms with Gasteiger partial charge in [-0.05, 0) is 25.8 Å². The molecule has 1 fully saturated rings. The number of fused-ring (bicyclic) bond motifs is 1. The number of nitrogens with zero attached hydrogens (tertiary/aromatic N) is 3. The van der Waals surface area contributed by atoms with Crippen LogP contribution in [0.25, 0.3) is 20.7 Å². The highest BCUT2D eigenvalue weighted by Gasteiger charge is 2.26. The van der Waals surface area contributed by atoms with E-state index in [9.17, 15) is 0 Å². The molecular weight excluding hydrogens is 294 g/mol. The van der Waals surface area contributed by atoms with Crippen molar-refractivity contribution in [2.75, 3.05) is 0 Å². The standard InChI is InChI=1S/C16H19N5S/c1-9-11(7-19-21-9)14-6-13-15(22-14)8-18-16(20-13)10-4-2-3-5-12(10)17/h6-8,10,12H,2-5,17H2,1H3,(H,19,21)/t10-,12-/m1/s1. The molecule has 5 nitrogen and oxygen atoms in total. The monoisotopic (exact) mass is 313 g/mol. The van der Waals surface area contributed by atoms with Gasteiger partial charge in [0.2, 0.25) is 0 Å². The molecule has 22 heavy (non-hydrogen) atoms. The number of aromatic nitrogens is 4. The van der Waals surface area contributed by atoms with E-state index in [0.29, 0.717) is 5.92 Å². The molecule has 0 aromatic carbocycles. The number of rotatable bonds is 2. The van der Waals surface area contributed by atoms with Gasteiger partial charge in [-0.3, -0.25) is 5.10 Å². The molecule has 0 radical (unpaired) electrons. The van der Waals surface area contributed by atoms with Crippen LogP contribution in [-0.2, 0) is 0 Å². The molecule has 0 aliphatic heterocycles. The Morgan fingerprint density at radius 3 is 2.91 bits per heavy atom. The van der Waals surface area contributed by atoms with E-state index in [0.717, 1.165) is 40.1 Å². The summed E-state index contributed by atoms with van der Waals surface area (Å²) in [6.07, 6.45) is 8.44. The average Bonchev–Trinajstić information content (AvgIpc) is 3.12. The average molecular weight is 313 g/mol. The quantitative estimate of drug-likeness (QED) is 0.760. The summed E-state index contributed by atoms with van der Waals surface area (Å²) in [4.78, 5) is 10.6. The summed E-state index contributed by atoms with van der Waals surface area (Å²) in [5, 5.41) is 7.08. The van der Waals surface area contributed by atoms with E-state index in [4.69, 9.17) is 10.7 Å². The van der Waals surface area contributed by atoms with E-state index in [1.807, 2.05) is 19.3 Å². The van der Waals surface area contributed by atoms with Gasteiger partial charge >= 0.3 is 0 Å². The molecule has 0 bridgehead atoms. The topological polar surface area (TPSA) is 80.5 Å². The van der Waals surface area contributed by atoms with Crippen molar-refractivity contribution in [1.82, 2.24) is 20.2 Å². The van der Waals surface area contributed by atoms with Gasteiger partial charge in [-0.2, -0.15) is 5.10 Å². The van der Waals surface area contributed by atoms with E-state index >= 15 is 0 Å². The van der Waals surface area contributed by atoms with Crippen molar-refractivity contribution in [3.05, 3.63) is 30.0 Å². The molecule has 114 valence electrons. The maximum absolute atomic E-state index is 6.27. The molecule has 0 spiro atoms. The molecule has 0 amide bonds. The summed E-state index contributed by atoms with van der Waals surface area (Å²) < 4.78 is 1.11. The summed E-state index contributed by atoms with van der Waals surface area (Å²) in [5.74, 6) is 1.21. The number of aryl methyl sites for hydroxylation is 1. The second-order valence-electron chi connectivity index (χ2n) is 6.05. The second-order valence-corrected chi connectivity index (χ2v) is 7.14. The Hall–Kier alpha value is -1.79. The van der Waals surface area contributed by atoms with E-state index < -0.39 is 0 Å². The fraction of sp³-hybridized carbons (Fsp3) is 0.438. The van der Waals surface area contributed by atoms with Gasteiger partial charge in [-0.1, -0.05) is 12.8 Å². The van der Waals surface area contributed by atoms with E-state index in [1.54, 1.807) is 11.3 Å². The zero-order valence-corrected chi connectivity index (χ0v) is 13.4. The minimum Gasteiger partial charge on any atom is -0.327 e. The molecule has 3 aromatic rings. The largest absolute Gasteiger partial charge is 0.327 e. The van der Waals surface area contributed by atoms with Crippen LogP contribution in [-0.4, -0.2) is 26.2 Å². The van der Waals surface area contributed by atoms with Crippen LogP contribution in [0.4, 0.5) is 0 Å². The van der Waals surface area contributed by atoms with E-state index in [1.165, 1.54) is 17.7 Å². The first-order valence-electron chi connectivity index (χ1n) is 7.75. The smallest absolute Gasteiger partial charge is 0.133 e. The fourth-order valence-electron chi connectivity index (χ4n) is 3.24. The van der Waals surface area contributed by atoms with Gasteiger partial charge in [0, 0.05) is 34.3 Å². The Morgan fingerprint density at radius 1 is 1.27 bits per heavy atom. The molecule has 3 N–H and O–H groups in total. The van der Waals surface area contributed by atoms with Crippen molar-refractivity contribution in [2.45, 2.75) is 44.6 Å². The van der Waals surface area contributed by atoms with Crippen molar-refractivity contribution in [1.29, 1.82) is 0 Å². The summed E-state index contributed by atoms with van der Waals surface area (Å²) in [5.41, 5.74) is 9.50. The van der Waals surface area contributed by atoms with Gasteiger partial charge in [0.15, 0.2) is 0 Å². The summed E-state index contributed by atoms with van der Waals surface area (Å²) >= 11 is 1.71. The molecule has 3 heterocycles. The number of hydrogen-bond donors (Lipinski definition) is 2. The molecule has 3 aromatic heterocycles. The third-order valence-corrected chi connectivity index (χ3v) is 5.63. The lowest BCUT2D eigenvalue weighted by Crippen LogP contribution is -2.32. The first-order chi connectivity index (χ1) is 10.7. The predicted octanol–water partition coefficient (Wildman–Crippen LogP) is 3.37. The van der Waals surface area contributed by atoms with Crippen molar-refractivity contribution in [3.63, 3.8) is 0 Å². The zero-order valence-electron chi connectivity index (χ0n) is 12.5. The molecule has 0 saturated heterocycles. The molecule has 1 saturated carbocycles. The summed E-state index contributed by atoms with van der Waals surface area (Å²) in [6, 6.07) is 2.33. The maximum atomic E-state index is 6.27. The van der Waals surface area contributed by atoms with Gasteiger partial charge in [-0.15, -0.1) is 11.3 Å². The highest BCUT2D eigenvalue weighted by molar-refractivity contribution is 7.22. The molecule has 1 aliphatic carbocycles. The van der Waals surface area contributed by atoms with Crippen LogP contribution in [0.2, 0.25) is 0 Å². The third kappa shape index (κ3) is 2.32. The van der Waals surface area contributed by atoms with Gasteiger partial charge in [0.1, 0.15) is 5.82 Å². The number of nitrogens with one attached hydrogen (secondary N) is 1. The van der Waals surface area contributed by atoms with Crippen molar-refractivity contribution in [2.24, 2.45) is 5.73 Å². The van der Waals surface area contributed by atoms with Gasteiger partial charge in [0.25, 0.3) is 0 Å².